The van der Waals surface area contributed by atoms with Crippen LogP contribution in [0.15, 0.2) is 24.3 Å². The average Bonchev–Trinajstić information content (AvgIpc) is 2.41. The molecule has 18 heavy (non-hydrogen) atoms. The first kappa shape index (κ1) is 13.4. The Kier molecular flexibility index (Phi) is 5.06. The Labute approximate surface area is 111 Å². The molecule has 1 N–H and O–H groups in total. The molecule has 2 heteroatoms. The van der Waals surface area contributed by atoms with Crippen LogP contribution in [-0.4, -0.2) is 20.7 Å². The zero-order chi connectivity index (χ0) is 12.8. The van der Waals surface area contributed by atoms with E-state index in [4.69, 9.17) is 4.74 Å². The SMILES string of the molecule is CNCC1CCCCC1Cc1cccc(OC)c1. The van der Waals surface area contributed by atoms with Crippen LogP contribution in [0.2, 0.25) is 0 Å². The van der Waals surface area contributed by atoms with E-state index in [0.717, 1.165) is 24.1 Å². The highest BCUT2D eigenvalue weighted by atomic mass is 16.5. The molecule has 1 fully saturated rings. The summed E-state index contributed by atoms with van der Waals surface area (Å²) in [5, 5.41) is 3.35. The molecule has 0 amide bonds. The van der Waals surface area contributed by atoms with E-state index in [0.29, 0.717) is 0 Å². The molecule has 0 bridgehead atoms. The molecule has 0 aromatic heterocycles. The quantitative estimate of drug-likeness (QED) is 0.862. The first-order chi connectivity index (χ1) is 8.83. The predicted molar refractivity (Wildman–Crippen MR) is 76.1 cm³/mol. The molecule has 0 spiro atoms. The molecule has 1 saturated carbocycles. The molecule has 0 aliphatic heterocycles. The molecule has 100 valence electrons. The largest absolute Gasteiger partial charge is 0.497 e. The lowest BCUT2D eigenvalue weighted by Crippen LogP contribution is -2.30. The van der Waals surface area contributed by atoms with Crippen molar-refractivity contribution in [1.82, 2.24) is 5.32 Å². The fourth-order valence-electron chi connectivity index (χ4n) is 3.19. The van der Waals surface area contributed by atoms with E-state index in [1.54, 1.807) is 7.11 Å². The molecule has 0 saturated heterocycles. The van der Waals surface area contributed by atoms with Crippen molar-refractivity contribution < 1.29 is 4.74 Å². The van der Waals surface area contributed by atoms with Crippen LogP contribution in [0.5, 0.6) is 5.75 Å². The van der Waals surface area contributed by atoms with E-state index in [2.05, 4.69) is 30.6 Å². The average molecular weight is 247 g/mol. The molecule has 1 aromatic rings. The predicted octanol–water partition coefficient (Wildman–Crippen LogP) is 3.26. The Morgan fingerprint density at radius 1 is 1.22 bits per heavy atom. The minimum absolute atomic E-state index is 0.832. The zero-order valence-electron chi connectivity index (χ0n) is 11.6. The number of nitrogens with one attached hydrogen (secondary N) is 1. The van der Waals surface area contributed by atoms with Crippen molar-refractivity contribution in [3.05, 3.63) is 29.8 Å². The smallest absolute Gasteiger partial charge is 0.119 e. The molecule has 1 aromatic carbocycles. The molecule has 0 radical (unpaired) electrons. The third kappa shape index (κ3) is 3.49. The molecule has 2 rings (SSSR count). The molecule has 0 heterocycles. The van der Waals surface area contributed by atoms with E-state index in [9.17, 15) is 0 Å². The van der Waals surface area contributed by atoms with Gasteiger partial charge in [-0.2, -0.15) is 0 Å². The normalized spacial score (nSPS) is 23.9. The van der Waals surface area contributed by atoms with Gasteiger partial charge in [0.05, 0.1) is 7.11 Å². The molecule has 2 nitrogen and oxygen atoms in total. The maximum Gasteiger partial charge on any atom is 0.119 e. The molecule has 2 unspecified atom stereocenters. The number of benzene rings is 1. The van der Waals surface area contributed by atoms with Crippen molar-refractivity contribution >= 4 is 0 Å². The minimum atomic E-state index is 0.832. The molecular weight excluding hydrogens is 222 g/mol. The van der Waals surface area contributed by atoms with Crippen molar-refractivity contribution in [3.8, 4) is 5.75 Å². The van der Waals surface area contributed by atoms with Crippen molar-refractivity contribution in [3.63, 3.8) is 0 Å². The van der Waals surface area contributed by atoms with E-state index in [1.165, 1.54) is 37.7 Å². The van der Waals surface area contributed by atoms with Gasteiger partial charge in [-0.25, -0.2) is 0 Å². The summed E-state index contributed by atoms with van der Waals surface area (Å²) in [6, 6.07) is 8.54. The Morgan fingerprint density at radius 3 is 2.72 bits per heavy atom. The zero-order valence-corrected chi connectivity index (χ0v) is 11.6. The molecule has 1 aliphatic rings. The lowest BCUT2D eigenvalue weighted by atomic mass is 9.76. The van der Waals surface area contributed by atoms with Gasteiger partial charge < -0.3 is 10.1 Å². The fraction of sp³-hybridized carbons (Fsp3) is 0.625. The molecular formula is C16H25NO. The second-order valence-electron chi connectivity index (χ2n) is 5.42. The van der Waals surface area contributed by atoms with Crippen LogP contribution in [0.1, 0.15) is 31.2 Å². The van der Waals surface area contributed by atoms with Crippen LogP contribution in [0.25, 0.3) is 0 Å². The third-order valence-corrected chi connectivity index (χ3v) is 4.16. The first-order valence-electron chi connectivity index (χ1n) is 7.11. The Hall–Kier alpha value is -1.02. The summed E-state index contributed by atoms with van der Waals surface area (Å²) in [6.07, 6.45) is 6.76. The van der Waals surface area contributed by atoms with Crippen molar-refractivity contribution in [2.75, 3.05) is 20.7 Å². The van der Waals surface area contributed by atoms with E-state index >= 15 is 0 Å². The van der Waals surface area contributed by atoms with Crippen LogP contribution in [0.4, 0.5) is 0 Å². The summed E-state index contributed by atoms with van der Waals surface area (Å²) in [5.41, 5.74) is 1.42. The summed E-state index contributed by atoms with van der Waals surface area (Å²) in [4.78, 5) is 0. The maximum atomic E-state index is 5.31. The third-order valence-electron chi connectivity index (χ3n) is 4.16. The van der Waals surface area contributed by atoms with Crippen molar-refractivity contribution in [2.24, 2.45) is 11.8 Å². The van der Waals surface area contributed by atoms with Crippen molar-refractivity contribution in [1.29, 1.82) is 0 Å². The summed E-state index contributed by atoms with van der Waals surface area (Å²) in [7, 11) is 3.81. The van der Waals surface area contributed by atoms with Gasteiger partial charge >= 0.3 is 0 Å². The van der Waals surface area contributed by atoms with Crippen LogP contribution in [0, 0.1) is 11.8 Å². The van der Waals surface area contributed by atoms with Gasteiger partial charge in [0.15, 0.2) is 0 Å². The van der Waals surface area contributed by atoms with E-state index < -0.39 is 0 Å². The summed E-state index contributed by atoms with van der Waals surface area (Å²) in [6.45, 7) is 1.16. The Bertz CT molecular complexity index is 362. The summed E-state index contributed by atoms with van der Waals surface area (Å²) in [5.74, 6) is 2.65. The monoisotopic (exact) mass is 247 g/mol. The number of methoxy groups -OCH3 is 1. The first-order valence-corrected chi connectivity index (χ1v) is 7.11. The number of hydrogen-bond donors (Lipinski definition) is 1. The van der Waals surface area contributed by atoms with Gasteiger partial charge in [-0.05, 0) is 62.4 Å². The van der Waals surface area contributed by atoms with Gasteiger partial charge in [-0.1, -0.05) is 25.0 Å². The summed E-state index contributed by atoms with van der Waals surface area (Å²) < 4.78 is 5.31. The highest BCUT2D eigenvalue weighted by Crippen LogP contribution is 2.32. The maximum absolute atomic E-state index is 5.31. The van der Waals surface area contributed by atoms with Crippen LogP contribution in [-0.2, 0) is 6.42 Å². The Morgan fingerprint density at radius 2 is 2.00 bits per heavy atom. The van der Waals surface area contributed by atoms with Crippen LogP contribution in [0.3, 0.4) is 0 Å². The standard InChI is InChI=1S/C16H25NO/c1-17-12-15-8-4-3-7-14(15)10-13-6-5-9-16(11-13)18-2/h5-6,9,11,14-15,17H,3-4,7-8,10,12H2,1-2H3. The van der Waals surface area contributed by atoms with E-state index in [1.807, 2.05) is 6.07 Å². The summed E-state index contributed by atoms with van der Waals surface area (Å²) >= 11 is 0. The number of ether oxygens (including phenoxy) is 1. The van der Waals surface area contributed by atoms with Crippen LogP contribution >= 0.6 is 0 Å². The van der Waals surface area contributed by atoms with E-state index in [-0.39, 0.29) is 0 Å². The lowest BCUT2D eigenvalue weighted by molar-refractivity contribution is 0.232. The number of hydrogen-bond acceptors (Lipinski definition) is 2. The highest BCUT2D eigenvalue weighted by Gasteiger charge is 2.24. The van der Waals surface area contributed by atoms with Gasteiger partial charge in [-0.3, -0.25) is 0 Å². The molecule has 2 atom stereocenters. The fourth-order valence-corrected chi connectivity index (χ4v) is 3.19. The topological polar surface area (TPSA) is 21.3 Å². The Balaban J connectivity index is 2.01. The van der Waals surface area contributed by atoms with Crippen LogP contribution < -0.4 is 10.1 Å². The van der Waals surface area contributed by atoms with Crippen molar-refractivity contribution in [2.45, 2.75) is 32.1 Å². The van der Waals surface area contributed by atoms with Gasteiger partial charge in [0.2, 0.25) is 0 Å². The lowest BCUT2D eigenvalue weighted by Gasteiger charge is -2.31. The van der Waals surface area contributed by atoms with Gasteiger partial charge in [-0.15, -0.1) is 0 Å². The number of rotatable bonds is 5. The second kappa shape index (κ2) is 6.79. The van der Waals surface area contributed by atoms with Gasteiger partial charge in [0.1, 0.15) is 5.75 Å². The van der Waals surface area contributed by atoms with Gasteiger partial charge in [0, 0.05) is 0 Å². The van der Waals surface area contributed by atoms with Gasteiger partial charge in [0.25, 0.3) is 0 Å². The molecule has 1 aliphatic carbocycles. The minimum Gasteiger partial charge on any atom is -0.497 e. The second-order valence-corrected chi connectivity index (χ2v) is 5.42. The highest BCUT2D eigenvalue weighted by molar-refractivity contribution is 5.28.